The Hall–Kier alpha value is -0.0400. The van der Waals surface area contributed by atoms with Gasteiger partial charge in [0.05, 0.1) is 5.60 Å². The molecule has 1 heteroatoms. The summed E-state index contributed by atoms with van der Waals surface area (Å²) in [6.07, 6.45) is 11.4. The Morgan fingerprint density at radius 1 is 1.00 bits per heavy atom. The van der Waals surface area contributed by atoms with E-state index >= 15 is 0 Å². The standard InChI is InChI=1S/C14H28O/c1-14(2,3)15-12-8-4-5-9-13-10-6-7-11-13/h13H,4-12H2,1-3H3. The van der Waals surface area contributed by atoms with Crippen LogP contribution in [0.25, 0.3) is 0 Å². The van der Waals surface area contributed by atoms with Gasteiger partial charge < -0.3 is 4.74 Å². The van der Waals surface area contributed by atoms with Gasteiger partial charge in [0.25, 0.3) is 0 Å². The average molecular weight is 212 g/mol. The Kier molecular flexibility index (Phi) is 5.66. The van der Waals surface area contributed by atoms with E-state index < -0.39 is 0 Å². The third-order valence-corrected chi connectivity index (χ3v) is 3.27. The molecule has 0 heterocycles. The van der Waals surface area contributed by atoms with Gasteiger partial charge in [0.1, 0.15) is 0 Å². The maximum Gasteiger partial charge on any atom is 0.0598 e. The Morgan fingerprint density at radius 2 is 1.67 bits per heavy atom. The predicted molar refractivity (Wildman–Crippen MR) is 66.1 cm³/mol. The van der Waals surface area contributed by atoms with Gasteiger partial charge in [-0.05, 0) is 33.1 Å². The molecule has 0 bridgehead atoms. The molecule has 1 rings (SSSR count). The van der Waals surface area contributed by atoms with Gasteiger partial charge in [-0.25, -0.2) is 0 Å². The molecule has 90 valence electrons. The van der Waals surface area contributed by atoms with Crippen molar-refractivity contribution in [3.8, 4) is 0 Å². The van der Waals surface area contributed by atoms with Crippen LogP contribution in [0.3, 0.4) is 0 Å². The predicted octanol–water partition coefficient (Wildman–Crippen LogP) is 4.55. The largest absolute Gasteiger partial charge is 0.376 e. The number of hydrogen-bond acceptors (Lipinski definition) is 1. The first-order valence-corrected chi connectivity index (χ1v) is 6.72. The van der Waals surface area contributed by atoms with Crippen molar-refractivity contribution < 1.29 is 4.74 Å². The van der Waals surface area contributed by atoms with Crippen LogP contribution >= 0.6 is 0 Å². The van der Waals surface area contributed by atoms with Crippen molar-refractivity contribution in [2.45, 2.75) is 77.7 Å². The second-order valence-electron chi connectivity index (χ2n) is 5.96. The highest BCUT2D eigenvalue weighted by molar-refractivity contribution is 4.67. The smallest absolute Gasteiger partial charge is 0.0598 e. The summed E-state index contributed by atoms with van der Waals surface area (Å²) in [5, 5.41) is 0. The van der Waals surface area contributed by atoms with Gasteiger partial charge in [-0.2, -0.15) is 0 Å². The van der Waals surface area contributed by atoms with E-state index in [1.807, 2.05) is 0 Å². The van der Waals surface area contributed by atoms with E-state index in [4.69, 9.17) is 4.74 Å². The zero-order chi connectivity index (χ0) is 11.1. The molecule has 0 aromatic carbocycles. The highest BCUT2D eigenvalue weighted by Crippen LogP contribution is 2.29. The summed E-state index contributed by atoms with van der Waals surface area (Å²) in [6, 6.07) is 0. The average Bonchev–Trinajstić information content (AvgIpc) is 2.61. The molecule has 0 radical (unpaired) electrons. The highest BCUT2D eigenvalue weighted by Gasteiger charge is 2.14. The molecular formula is C14H28O. The van der Waals surface area contributed by atoms with Crippen LogP contribution in [-0.4, -0.2) is 12.2 Å². The van der Waals surface area contributed by atoms with Gasteiger partial charge in [-0.1, -0.05) is 44.9 Å². The molecule has 1 aliphatic carbocycles. The lowest BCUT2D eigenvalue weighted by atomic mass is 10.00. The van der Waals surface area contributed by atoms with Crippen LogP contribution in [0.4, 0.5) is 0 Å². The van der Waals surface area contributed by atoms with Crippen molar-refractivity contribution in [2.24, 2.45) is 5.92 Å². The fourth-order valence-corrected chi connectivity index (χ4v) is 2.39. The first-order chi connectivity index (χ1) is 7.08. The monoisotopic (exact) mass is 212 g/mol. The summed E-state index contributed by atoms with van der Waals surface area (Å²) in [6.45, 7) is 7.33. The fourth-order valence-electron chi connectivity index (χ4n) is 2.39. The summed E-state index contributed by atoms with van der Waals surface area (Å²) in [5.41, 5.74) is 0.0471. The minimum Gasteiger partial charge on any atom is -0.376 e. The SMILES string of the molecule is CC(C)(C)OCCCCCC1CCCC1. The molecular weight excluding hydrogens is 184 g/mol. The summed E-state index contributed by atoms with van der Waals surface area (Å²) in [5.74, 6) is 1.06. The molecule has 1 saturated carbocycles. The van der Waals surface area contributed by atoms with Crippen molar-refractivity contribution in [1.82, 2.24) is 0 Å². The lowest BCUT2D eigenvalue weighted by Crippen LogP contribution is -2.19. The van der Waals surface area contributed by atoms with Gasteiger partial charge in [-0.15, -0.1) is 0 Å². The molecule has 0 aliphatic heterocycles. The Balaban J connectivity index is 1.84. The number of hydrogen-bond donors (Lipinski definition) is 0. The normalized spacial score (nSPS) is 18.6. The molecule has 0 atom stereocenters. The van der Waals surface area contributed by atoms with Crippen LogP contribution in [0.1, 0.15) is 72.1 Å². The third kappa shape index (κ3) is 6.94. The molecule has 0 saturated heterocycles. The summed E-state index contributed by atoms with van der Waals surface area (Å²) in [4.78, 5) is 0. The van der Waals surface area contributed by atoms with Crippen LogP contribution in [-0.2, 0) is 4.74 Å². The molecule has 0 N–H and O–H groups in total. The van der Waals surface area contributed by atoms with Crippen molar-refractivity contribution in [3.63, 3.8) is 0 Å². The van der Waals surface area contributed by atoms with Crippen LogP contribution < -0.4 is 0 Å². The van der Waals surface area contributed by atoms with Crippen molar-refractivity contribution in [3.05, 3.63) is 0 Å². The molecule has 1 nitrogen and oxygen atoms in total. The Bertz CT molecular complexity index is 151. The van der Waals surface area contributed by atoms with E-state index in [1.165, 1.54) is 51.4 Å². The Labute approximate surface area is 95.6 Å². The van der Waals surface area contributed by atoms with E-state index in [-0.39, 0.29) is 5.60 Å². The van der Waals surface area contributed by atoms with E-state index in [0.29, 0.717) is 0 Å². The van der Waals surface area contributed by atoms with Crippen LogP contribution in [0, 0.1) is 5.92 Å². The van der Waals surface area contributed by atoms with Crippen LogP contribution in [0.5, 0.6) is 0 Å². The first kappa shape index (κ1) is 13.0. The van der Waals surface area contributed by atoms with Gasteiger partial charge in [0, 0.05) is 6.61 Å². The minimum absolute atomic E-state index is 0.0471. The Morgan fingerprint density at radius 3 is 2.27 bits per heavy atom. The lowest BCUT2D eigenvalue weighted by molar-refractivity contribution is -0.00481. The van der Waals surface area contributed by atoms with Crippen LogP contribution in [0.2, 0.25) is 0 Å². The van der Waals surface area contributed by atoms with Crippen LogP contribution in [0.15, 0.2) is 0 Å². The van der Waals surface area contributed by atoms with E-state index in [0.717, 1.165) is 12.5 Å². The molecule has 15 heavy (non-hydrogen) atoms. The lowest BCUT2D eigenvalue weighted by Gasteiger charge is -2.19. The topological polar surface area (TPSA) is 9.23 Å². The number of rotatable bonds is 6. The quantitative estimate of drug-likeness (QED) is 0.587. The van der Waals surface area contributed by atoms with Crippen molar-refractivity contribution in [1.29, 1.82) is 0 Å². The van der Waals surface area contributed by atoms with Gasteiger partial charge in [0.2, 0.25) is 0 Å². The van der Waals surface area contributed by atoms with E-state index in [9.17, 15) is 0 Å². The molecule has 1 fully saturated rings. The summed E-state index contributed by atoms with van der Waals surface area (Å²) < 4.78 is 5.70. The molecule has 0 aromatic heterocycles. The third-order valence-electron chi connectivity index (χ3n) is 3.27. The maximum atomic E-state index is 5.70. The highest BCUT2D eigenvalue weighted by atomic mass is 16.5. The van der Waals surface area contributed by atoms with E-state index in [1.54, 1.807) is 0 Å². The molecule has 0 aromatic rings. The van der Waals surface area contributed by atoms with Gasteiger partial charge in [0.15, 0.2) is 0 Å². The summed E-state index contributed by atoms with van der Waals surface area (Å²) >= 11 is 0. The second-order valence-corrected chi connectivity index (χ2v) is 5.96. The zero-order valence-corrected chi connectivity index (χ0v) is 10.8. The van der Waals surface area contributed by atoms with Crippen molar-refractivity contribution in [2.75, 3.05) is 6.61 Å². The fraction of sp³-hybridized carbons (Fsp3) is 1.00. The molecule has 0 spiro atoms. The zero-order valence-electron chi connectivity index (χ0n) is 10.8. The molecule has 0 amide bonds. The number of ether oxygens (including phenoxy) is 1. The second kappa shape index (κ2) is 6.52. The summed E-state index contributed by atoms with van der Waals surface area (Å²) in [7, 11) is 0. The maximum absolute atomic E-state index is 5.70. The molecule has 0 unspecified atom stereocenters. The van der Waals surface area contributed by atoms with E-state index in [2.05, 4.69) is 20.8 Å². The van der Waals surface area contributed by atoms with Gasteiger partial charge in [-0.3, -0.25) is 0 Å². The van der Waals surface area contributed by atoms with Gasteiger partial charge >= 0.3 is 0 Å². The first-order valence-electron chi connectivity index (χ1n) is 6.72. The minimum atomic E-state index is 0.0471. The van der Waals surface area contributed by atoms with Crippen molar-refractivity contribution >= 4 is 0 Å². The molecule has 1 aliphatic rings. The number of unbranched alkanes of at least 4 members (excludes halogenated alkanes) is 2.